The first-order valence-corrected chi connectivity index (χ1v) is 6.10. The predicted molar refractivity (Wildman–Crippen MR) is 63.2 cm³/mol. The molecule has 0 saturated carbocycles. The molecular weight excluding hydrogens is 202 g/mol. The molecule has 4 heteroatoms. The van der Waals surface area contributed by atoms with Crippen molar-refractivity contribution in [3.05, 3.63) is 17.5 Å². The van der Waals surface area contributed by atoms with E-state index in [1.165, 1.54) is 17.8 Å². The highest BCUT2D eigenvalue weighted by Gasteiger charge is 2.14. The van der Waals surface area contributed by atoms with Crippen LogP contribution in [-0.4, -0.2) is 29.5 Å². The molecule has 2 heterocycles. The van der Waals surface area contributed by atoms with Gasteiger partial charge in [-0.25, -0.2) is 0 Å². The van der Waals surface area contributed by atoms with Crippen LogP contribution in [0.4, 0.5) is 0 Å². The Kier molecular flexibility index (Phi) is 3.96. The van der Waals surface area contributed by atoms with Crippen LogP contribution in [0.25, 0.3) is 0 Å². The summed E-state index contributed by atoms with van der Waals surface area (Å²) in [5, 5.41) is 7.91. The Morgan fingerprint density at radius 3 is 3.12 bits per heavy atom. The number of rotatable bonds is 5. The fraction of sp³-hybridized carbons (Fsp3) is 0.750. The quantitative estimate of drug-likeness (QED) is 0.812. The second-order valence-corrected chi connectivity index (χ2v) is 4.46. The number of hydrogen-bond donors (Lipinski definition) is 1. The largest absolute Gasteiger partial charge is 0.381 e. The first-order chi connectivity index (χ1) is 7.79. The van der Waals surface area contributed by atoms with Crippen LogP contribution in [0.1, 0.15) is 24.7 Å². The Bertz CT molecular complexity index is 329. The predicted octanol–water partition coefficient (Wildman–Crippen LogP) is 1.11. The van der Waals surface area contributed by atoms with Crippen molar-refractivity contribution in [2.75, 3.05) is 19.8 Å². The van der Waals surface area contributed by atoms with Crippen LogP contribution in [0.15, 0.2) is 6.07 Å². The maximum Gasteiger partial charge on any atom is 0.0625 e. The van der Waals surface area contributed by atoms with Gasteiger partial charge in [-0.1, -0.05) is 6.92 Å². The van der Waals surface area contributed by atoms with Crippen LogP contribution in [0.2, 0.25) is 0 Å². The van der Waals surface area contributed by atoms with Crippen LogP contribution in [0.5, 0.6) is 0 Å². The second-order valence-electron chi connectivity index (χ2n) is 4.46. The van der Waals surface area contributed by atoms with E-state index in [-0.39, 0.29) is 0 Å². The molecule has 1 aromatic heterocycles. The van der Waals surface area contributed by atoms with Crippen molar-refractivity contribution >= 4 is 0 Å². The molecule has 2 rings (SSSR count). The van der Waals surface area contributed by atoms with Crippen molar-refractivity contribution in [3.8, 4) is 0 Å². The molecule has 1 fully saturated rings. The van der Waals surface area contributed by atoms with Crippen molar-refractivity contribution in [1.29, 1.82) is 0 Å². The van der Waals surface area contributed by atoms with Crippen LogP contribution >= 0.6 is 0 Å². The summed E-state index contributed by atoms with van der Waals surface area (Å²) in [6.07, 6.45) is 2.20. The van der Waals surface area contributed by atoms with E-state index in [4.69, 9.17) is 4.74 Å². The second kappa shape index (κ2) is 5.46. The third-order valence-corrected chi connectivity index (χ3v) is 3.15. The lowest BCUT2D eigenvalue weighted by Gasteiger charge is -2.09. The molecule has 1 N–H and O–H groups in total. The van der Waals surface area contributed by atoms with Gasteiger partial charge in [-0.3, -0.25) is 4.68 Å². The van der Waals surface area contributed by atoms with E-state index in [1.807, 2.05) is 11.7 Å². The lowest BCUT2D eigenvalue weighted by Crippen LogP contribution is -2.23. The van der Waals surface area contributed by atoms with E-state index in [0.29, 0.717) is 5.92 Å². The summed E-state index contributed by atoms with van der Waals surface area (Å²) in [5.74, 6) is 0.693. The average molecular weight is 223 g/mol. The van der Waals surface area contributed by atoms with Gasteiger partial charge in [-0.15, -0.1) is 0 Å². The molecule has 1 aliphatic heterocycles. The number of nitrogens with one attached hydrogen (secondary N) is 1. The zero-order chi connectivity index (χ0) is 11.4. The average Bonchev–Trinajstić information content (AvgIpc) is 2.89. The first-order valence-electron chi connectivity index (χ1n) is 6.10. The molecule has 0 amide bonds. The van der Waals surface area contributed by atoms with E-state index in [9.17, 15) is 0 Å². The van der Waals surface area contributed by atoms with Crippen LogP contribution in [-0.2, 0) is 24.8 Å². The molecule has 1 atom stereocenters. The van der Waals surface area contributed by atoms with E-state index in [0.717, 1.165) is 32.7 Å². The van der Waals surface area contributed by atoms with Gasteiger partial charge in [0.1, 0.15) is 0 Å². The normalized spacial score (nSPS) is 20.5. The molecule has 16 heavy (non-hydrogen) atoms. The van der Waals surface area contributed by atoms with E-state index in [2.05, 4.69) is 23.4 Å². The fourth-order valence-corrected chi connectivity index (χ4v) is 2.06. The van der Waals surface area contributed by atoms with E-state index in [1.54, 1.807) is 0 Å². The smallest absolute Gasteiger partial charge is 0.0625 e. The molecule has 90 valence electrons. The third-order valence-electron chi connectivity index (χ3n) is 3.15. The minimum atomic E-state index is 0.693. The third kappa shape index (κ3) is 2.83. The standard InChI is InChI=1S/C12H21N3O/c1-3-11-6-12(15(2)14-11)8-13-7-10-4-5-16-9-10/h6,10,13H,3-5,7-9H2,1-2H3. The molecular formula is C12H21N3O. The monoisotopic (exact) mass is 223 g/mol. The Hall–Kier alpha value is -0.870. The molecule has 1 aliphatic rings. The summed E-state index contributed by atoms with van der Waals surface area (Å²) < 4.78 is 7.32. The molecule has 0 bridgehead atoms. The fourth-order valence-electron chi connectivity index (χ4n) is 2.06. The number of aromatic nitrogens is 2. The molecule has 0 spiro atoms. The zero-order valence-electron chi connectivity index (χ0n) is 10.2. The highest BCUT2D eigenvalue weighted by atomic mass is 16.5. The molecule has 4 nitrogen and oxygen atoms in total. The summed E-state index contributed by atoms with van der Waals surface area (Å²) in [4.78, 5) is 0. The maximum absolute atomic E-state index is 5.35. The van der Waals surface area contributed by atoms with Crippen molar-refractivity contribution in [3.63, 3.8) is 0 Å². The molecule has 1 saturated heterocycles. The van der Waals surface area contributed by atoms with E-state index < -0.39 is 0 Å². The molecule has 1 unspecified atom stereocenters. The van der Waals surface area contributed by atoms with E-state index >= 15 is 0 Å². The van der Waals surface area contributed by atoms with Crippen LogP contribution in [0, 0.1) is 5.92 Å². The number of nitrogens with zero attached hydrogens (tertiary/aromatic N) is 2. The lowest BCUT2D eigenvalue weighted by atomic mass is 10.1. The van der Waals surface area contributed by atoms with Gasteiger partial charge in [-0.2, -0.15) is 5.10 Å². The lowest BCUT2D eigenvalue weighted by molar-refractivity contribution is 0.185. The minimum Gasteiger partial charge on any atom is -0.381 e. The van der Waals surface area contributed by atoms with Gasteiger partial charge in [0.05, 0.1) is 18.0 Å². The van der Waals surface area contributed by atoms with Crippen LogP contribution in [0.3, 0.4) is 0 Å². The minimum absolute atomic E-state index is 0.693. The van der Waals surface area contributed by atoms with Gasteiger partial charge in [0.25, 0.3) is 0 Å². The summed E-state index contributed by atoms with van der Waals surface area (Å²) >= 11 is 0. The Balaban J connectivity index is 1.77. The molecule has 1 aromatic rings. The van der Waals surface area contributed by atoms with Crippen LogP contribution < -0.4 is 5.32 Å². The highest BCUT2D eigenvalue weighted by molar-refractivity contribution is 5.09. The Labute approximate surface area is 97.0 Å². The number of aryl methyl sites for hydroxylation is 2. The Morgan fingerprint density at radius 1 is 1.62 bits per heavy atom. The van der Waals surface area contributed by atoms with Gasteiger partial charge in [0.15, 0.2) is 0 Å². The number of hydrogen-bond acceptors (Lipinski definition) is 3. The van der Waals surface area contributed by atoms with Gasteiger partial charge < -0.3 is 10.1 Å². The highest BCUT2D eigenvalue weighted by Crippen LogP contribution is 2.11. The summed E-state index contributed by atoms with van der Waals surface area (Å²) in [7, 11) is 2.01. The Morgan fingerprint density at radius 2 is 2.50 bits per heavy atom. The summed E-state index contributed by atoms with van der Waals surface area (Å²) in [6.45, 7) is 5.93. The van der Waals surface area contributed by atoms with Gasteiger partial charge in [-0.05, 0) is 24.8 Å². The van der Waals surface area contributed by atoms with Gasteiger partial charge in [0, 0.05) is 26.7 Å². The van der Waals surface area contributed by atoms with Gasteiger partial charge in [0.2, 0.25) is 0 Å². The van der Waals surface area contributed by atoms with Crippen molar-refractivity contribution in [2.45, 2.75) is 26.3 Å². The van der Waals surface area contributed by atoms with Crippen molar-refractivity contribution in [2.24, 2.45) is 13.0 Å². The maximum atomic E-state index is 5.35. The van der Waals surface area contributed by atoms with Gasteiger partial charge >= 0.3 is 0 Å². The molecule has 0 aliphatic carbocycles. The topological polar surface area (TPSA) is 39.1 Å². The molecule has 0 radical (unpaired) electrons. The molecule has 0 aromatic carbocycles. The summed E-state index contributed by atoms with van der Waals surface area (Å²) in [5.41, 5.74) is 2.43. The zero-order valence-corrected chi connectivity index (χ0v) is 10.2. The SMILES string of the molecule is CCc1cc(CNCC2CCOC2)n(C)n1. The number of ether oxygens (including phenoxy) is 1. The summed E-state index contributed by atoms with van der Waals surface area (Å²) in [6, 6.07) is 2.18. The van der Waals surface area contributed by atoms with Crippen molar-refractivity contribution in [1.82, 2.24) is 15.1 Å². The first kappa shape index (κ1) is 11.6. The van der Waals surface area contributed by atoms with Crippen molar-refractivity contribution < 1.29 is 4.74 Å².